The van der Waals surface area contributed by atoms with Crippen LogP contribution >= 0.6 is 24.0 Å². The van der Waals surface area contributed by atoms with Gasteiger partial charge >= 0.3 is 5.97 Å². The van der Waals surface area contributed by atoms with Crippen LogP contribution in [0.15, 0.2) is 41.3 Å². The highest BCUT2D eigenvalue weighted by atomic mass is 32.1. The lowest BCUT2D eigenvalue weighted by Gasteiger charge is -2.28. The second kappa shape index (κ2) is 8.99. The van der Waals surface area contributed by atoms with Gasteiger partial charge in [-0.05, 0) is 50.8 Å². The van der Waals surface area contributed by atoms with Crippen molar-refractivity contribution >= 4 is 46.1 Å². The fraction of sp³-hybridized carbons (Fsp3) is 0.400. The number of benzene rings is 2. The van der Waals surface area contributed by atoms with Crippen molar-refractivity contribution in [2.24, 2.45) is 5.41 Å². The molecule has 0 unspecified atom stereocenters. The van der Waals surface area contributed by atoms with Gasteiger partial charge in [-0.2, -0.15) is 0 Å². The number of thiol groups is 1. The van der Waals surface area contributed by atoms with Crippen molar-refractivity contribution in [3.05, 3.63) is 52.5 Å². The molecule has 33 heavy (non-hydrogen) atoms. The van der Waals surface area contributed by atoms with E-state index in [0.29, 0.717) is 23.5 Å². The van der Waals surface area contributed by atoms with Crippen molar-refractivity contribution in [1.29, 1.82) is 0 Å². The summed E-state index contributed by atoms with van der Waals surface area (Å²) in [6, 6.07) is 11.7. The van der Waals surface area contributed by atoms with Crippen molar-refractivity contribution in [2.75, 3.05) is 7.11 Å². The molecule has 4 rings (SSSR count). The predicted octanol–water partition coefficient (Wildman–Crippen LogP) is 4.73. The maximum absolute atomic E-state index is 13.5. The van der Waals surface area contributed by atoms with Crippen molar-refractivity contribution in [3.63, 3.8) is 0 Å². The Labute approximate surface area is 203 Å². The van der Waals surface area contributed by atoms with Gasteiger partial charge in [0.2, 0.25) is 5.91 Å². The standard InChI is InChI=1S/C25H28N2O4S2/c1-24(2,3)31-22(28)13-25(11-15-7-5-6-8-16(15)12-25)23(29)26-14-21-27-17-9-19(32)18(30-4)10-20(17)33-21/h5-10,32H,11-14H2,1-4H3,(H,26,29). The smallest absolute Gasteiger partial charge is 0.307 e. The molecular formula is C25H28N2O4S2. The molecule has 1 aliphatic carbocycles. The van der Waals surface area contributed by atoms with Gasteiger partial charge in [0, 0.05) is 11.0 Å². The maximum Gasteiger partial charge on any atom is 0.307 e. The second-order valence-electron chi connectivity index (χ2n) is 9.45. The third-order valence-electron chi connectivity index (χ3n) is 5.69. The minimum absolute atomic E-state index is 0.0326. The number of amides is 1. The van der Waals surface area contributed by atoms with Gasteiger partial charge in [0.25, 0.3) is 0 Å². The summed E-state index contributed by atoms with van der Waals surface area (Å²) in [7, 11) is 1.60. The summed E-state index contributed by atoms with van der Waals surface area (Å²) in [5.41, 5.74) is 1.54. The Morgan fingerprint density at radius 2 is 1.85 bits per heavy atom. The van der Waals surface area contributed by atoms with Crippen molar-refractivity contribution < 1.29 is 19.1 Å². The average molecular weight is 485 g/mol. The topological polar surface area (TPSA) is 77.5 Å². The molecule has 0 saturated heterocycles. The number of hydrogen-bond acceptors (Lipinski definition) is 7. The zero-order chi connectivity index (χ0) is 23.8. The summed E-state index contributed by atoms with van der Waals surface area (Å²) in [6.07, 6.45) is 1.05. The maximum atomic E-state index is 13.5. The van der Waals surface area contributed by atoms with E-state index in [-0.39, 0.29) is 24.8 Å². The van der Waals surface area contributed by atoms with Crippen molar-refractivity contribution in [3.8, 4) is 5.75 Å². The number of thiazole rings is 1. The molecule has 1 heterocycles. The van der Waals surface area contributed by atoms with Gasteiger partial charge in [-0.3, -0.25) is 9.59 Å². The van der Waals surface area contributed by atoms with Gasteiger partial charge < -0.3 is 14.8 Å². The van der Waals surface area contributed by atoms with Crippen LogP contribution in [0.4, 0.5) is 0 Å². The van der Waals surface area contributed by atoms with E-state index in [9.17, 15) is 9.59 Å². The Kier molecular flexibility index (Phi) is 6.42. The Balaban J connectivity index is 1.53. The number of esters is 1. The first-order valence-corrected chi connectivity index (χ1v) is 12.1. The summed E-state index contributed by atoms with van der Waals surface area (Å²) >= 11 is 5.93. The minimum atomic E-state index is -0.871. The molecule has 0 spiro atoms. The molecule has 8 heteroatoms. The van der Waals surface area contributed by atoms with Crippen LogP contribution in [0.1, 0.15) is 43.3 Å². The number of rotatable bonds is 6. The molecule has 0 saturated carbocycles. The lowest BCUT2D eigenvalue weighted by molar-refractivity contribution is -0.160. The molecule has 0 fully saturated rings. The van der Waals surface area contributed by atoms with Crippen LogP contribution in [0.3, 0.4) is 0 Å². The highest BCUT2D eigenvalue weighted by Crippen LogP contribution is 2.41. The second-order valence-corrected chi connectivity index (χ2v) is 11.0. The number of ether oxygens (including phenoxy) is 2. The first-order chi connectivity index (χ1) is 15.6. The van der Waals surface area contributed by atoms with Crippen LogP contribution < -0.4 is 10.1 Å². The predicted molar refractivity (Wildman–Crippen MR) is 132 cm³/mol. The largest absolute Gasteiger partial charge is 0.496 e. The lowest BCUT2D eigenvalue weighted by atomic mass is 9.80. The van der Waals surface area contributed by atoms with E-state index < -0.39 is 11.0 Å². The van der Waals surface area contributed by atoms with Gasteiger partial charge in [0.05, 0.1) is 35.7 Å². The van der Waals surface area contributed by atoms with Crippen LogP contribution in [0.2, 0.25) is 0 Å². The quantitative estimate of drug-likeness (QED) is 0.391. The van der Waals surface area contributed by atoms with Crippen LogP contribution in [-0.4, -0.2) is 29.6 Å². The van der Waals surface area contributed by atoms with Gasteiger partial charge in [0.1, 0.15) is 16.4 Å². The van der Waals surface area contributed by atoms with E-state index >= 15 is 0 Å². The van der Waals surface area contributed by atoms with Gasteiger partial charge in [-0.15, -0.1) is 24.0 Å². The number of carbonyl (C=O) groups is 2. The first-order valence-electron chi connectivity index (χ1n) is 10.8. The highest BCUT2D eigenvalue weighted by molar-refractivity contribution is 7.80. The Morgan fingerprint density at radius 1 is 1.18 bits per heavy atom. The zero-order valence-corrected chi connectivity index (χ0v) is 20.9. The number of nitrogens with one attached hydrogen (secondary N) is 1. The third-order valence-corrected chi connectivity index (χ3v) is 7.06. The summed E-state index contributed by atoms with van der Waals surface area (Å²) in [5.74, 6) is 0.167. The van der Waals surface area contributed by atoms with E-state index in [2.05, 4.69) is 22.9 Å². The number of hydrogen-bond donors (Lipinski definition) is 2. The molecule has 0 bridgehead atoms. The normalized spacial score (nSPS) is 14.7. The molecule has 0 atom stereocenters. The molecule has 2 aromatic carbocycles. The number of methoxy groups -OCH3 is 1. The van der Waals surface area contributed by atoms with Crippen LogP contribution in [-0.2, 0) is 33.7 Å². The van der Waals surface area contributed by atoms with E-state index in [0.717, 1.165) is 26.4 Å². The van der Waals surface area contributed by atoms with Crippen LogP contribution in [0.5, 0.6) is 5.75 Å². The molecule has 1 aromatic heterocycles. The van der Waals surface area contributed by atoms with E-state index in [4.69, 9.17) is 9.47 Å². The third kappa shape index (κ3) is 5.17. The number of aromatic nitrogens is 1. The van der Waals surface area contributed by atoms with Gasteiger partial charge in [0.15, 0.2) is 0 Å². The molecular weight excluding hydrogens is 456 g/mol. The van der Waals surface area contributed by atoms with Crippen LogP contribution in [0, 0.1) is 5.41 Å². The molecule has 1 aliphatic rings. The van der Waals surface area contributed by atoms with Crippen molar-refractivity contribution in [2.45, 2.75) is 57.1 Å². The Hall–Kier alpha value is -2.58. The first kappa shape index (κ1) is 23.6. The Bertz CT molecular complexity index is 1190. The zero-order valence-electron chi connectivity index (χ0n) is 19.2. The fourth-order valence-corrected chi connectivity index (χ4v) is 5.48. The van der Waals surface area contributed by atoms with Crippen LogP contribution in [0.25, 0.3) is 10.2 Å². The lowest BCUT2D eigenvalue weighted by Crippen LogP contribution is -2.44. The van der Waals surface area contributed by atoms with Gasteiger partial charge in [-0.25, -0.2) is 4.98 Å². The monoisotopic (exact) mass is 484 g/mol. The minimum Gasteiger partial charge on any atom is -0.496 e. The van der Waals surface area contributed by atoms with E-state index in [1.165, 1.54) is 11.3 Å². The van der Waals surface area contributed by atoms with E-state index in [1.54, 1.807) is 7.11 Å². The summed E-state index contributed by atoms with van der Waals surface area (Å²) in [5, 5.41) is 3.82. The average Bonchev–Trinajstić information content (AvgIpc) is 3.30. The highest BCUT2D eigenvalue weighted by Gasteiger charge is 2.46. The summed E-state index contributed by atoms with van der Waals surface area (Å²) in [4.78, 5) is 31.6. The molecule has 6 nitrogen and oxygen atoms in total. The molecule has 3 aromatic rings. The number of carbonyl (C=O) groups excluding carboxylic acids is 2. The van der Waals surface area contributed by atoms with Crippen molar-refractivity contribution in [1.82, 2.24) is 10.3 Å². The molecule has 0 aliphatic heterocycles. The fourth-order valence-electron chi connectivity index (χ4n) is 4.29. The molecule has 0 radical (unpaired) electrons. The Morgan fingerprint density at radius 3 is 2.45 bits per heavy atom. The molecule has 174 valence electrons. The molecule has 1 N–H and O–H groups in total. The number of fused-ring (bicyclic) bond motifs is 2. The number of nitrogens with zero attached hydrogens (tertiary/aromatic N) is 1. The SMILES string of the molecule is COc1cc2sc(CNC(=O)C3(CC(=O)OC(C)(C)C)Cc4ccccc4C3)nc2cc1S. The van der Waals surface area contributed by atoms with E-state index in [1.807, 2.05) is 57.2 Å². The molecule has 1 amide bonds. The van der Waals surface area contributed by atoms with Gasteiger partial charge in [-0.1, -0.05) is 24.3 Å². The summed E-state index contributed by atoms with van der Waals surface area (Å²) in [6.45, 7) is 5.78. The summed E-state index contributed by atoms with van der Waals surface area (Å²) < 4.78 is 11.9.